The first kappa shape index (κ1) is 20.4. The van der Waals surface area contributed by atoms with Crippen molar-refractivity contribution in [1.82, 2.24) is 15.5 Å². The minimum Gasteiger partial charge on any atom is -0.355 e. The molecule has 1 unspecified atom stereocenters. The van der Waals surface area contributed by atoms with E-state index in [2.05, 4.69) is 58.9 Å². The largest absolute Gasteiger partial charge is 0.355 e. The van der Waals surface area contributed by atoms with Gasteiger partial charge in [-0.3, -0.25) is 9.69 Å². The number of halogens is 1. The maximum atomic E-state index is 11.7. The van der Waals surface area contributed by atoms with Crippen molar-refractivity contribution in [1.29, 1.82) is 0 Å². The lowest BCUT2D eigenvalue weighted by Crippen LogP contribution is -2.45. The molecule has 0 radical (unpaired) electrons. The van der Waals surface area contributed by atoms with Crippen LogP contribution in [0.1, 0.15) is 40.0 Å². The number of nitrogens with zero attached hydrogens (tertiary/aromatic N) is 1. The van der Waals surface area contributed by atoms with E-state index in [1.165, 1.54) is 16.7 Å². The molecule has 0 bridgehead atoms. The molecule has 1 heterocycles. The van der Waals surface area contributed by atoms with Gasteiger partial charge in [-0.05, 0) is 35.2 Å². The number of piperazine rings is 1. The normalized spacial score (nSPS) is 17.4. The zero-order valence-electron chi connectivity index (χ0n) is 15.5. The van der Waals surface area contributed by atoms with Crippen LogP contribution in [0.15, 0.2) is 48.5 Å². The number of amides is 1. The molecule has 0 aliphatic carbocycles. The van der Waals surface area contributed by atoms with E-state index in [1.807, 2.05) is 12.1 Å². The molecule has 26 heavy (non-hydrogen) atoms. The van der Waals surface area contributed by atoms with Gasteiger partial charge >= 0.3 is 0 Å². The maximum absolute atomic E-state index is 11.7. The van der Waals surface area contributed by atoms with Crippen molar-refractivity contribution in [3.8, 4) is 0 Å². The number of benzene rings is 2. The highest BCUT2D eigenvalue weighted by molar-refractivity contribution is 5.93. The van der Waals surface area contributed by atoms with Crippen LogP contribution in [0, 0.1) is 0 Å². The molecule has 140 valence electrons. The van der Waals surface area contributed by atoms with Crippen molar-refractivity contribution >= 4 is 18.3 Å². The molecule has 3 rings (SSSR count). The fourth-order valence-corrected chi connectivity index (χ4v) is 3.38. The summed E-state index contributed by atoms with van der Waals surface area (Å²) in [5.41, 5.74) is 4.69. The van der Waals surface area contributed by atoms with Crippen molar-refractivity contribution in [3.63, 3.8) is 0 Å². The molecule has 1 aliphatic rings. The summed E-state index contributed by atoms with van der Waals surface area (Å²) in [5, 5.41) is 6.18. The van der Waals surface area contributed by atoms with Crippen molar-refractivity contribution in [3.05, 3.63) is 70.8 Å². The number of carbonyl (C=O) groups excluding carboxylic acids is 1. The van der Waals surface area contributed by atoms with Gasteiger partial charge in [0.2, 0.25) is 0 Å². The molecule has 1 amide bonds. The van der Waals surface area contributed by atoms with Gasteiger partial charge in [0.25, 0.3) is 5.91 Å². The van der Waals surface area contributed by atoms with Crippen LogP contribution < -0.4 is 10.6 Å². The highest BCUT2D eigenvalue weighted by Gasteiger charge is 2.23. The first-order valence-corrected chi connectivity index (χ1v) is 9.06. The summed E-state index contributed by atoms with van der Waals surface area (Å²) < 4.78 is 0. The van der Waals surface area contributed by atoms with Crippen LogP contribution in [0.2, 0.25) is 0 Å². The summed E-state index contributed by atoms with van der Waals surface area (Å²) in [7, 11) is 1.66. The van der Waals surface area contributed by atoms with Crippen LogP contribution in [-0.2, 0) is 13.0 Å². The average molecular weight is 374 g/mol. The first-order valence-electron chi connectivity index (χ1n) is 9.06. The van der Waals surface area contributed by atoms with Crippen LogP contribution in [0.5, 0.6) is 0 Å². The van der Waals surface area contributed by atoms with Gasteiger partial charge in [-0.1, -0.05) is 43.3 Å². The third-order valence-corrected chi connectivity index (χ3v) is 4.96. The van der Waals surface area contributed by atoms with Gasteiger partial charge in [-0.25, -0.2) is 0 Å². The minimum absolute atomic E-state index is 0. The second-order valence-electron chi connectivity index (χ2n) is 6.56. The molecular formula is C21H28ClN3O. The van der Waals surface area contributed by atoms with Crippen molar-refractivity contribution in [2.45, 2.75) is 25.9 Å². The Morgan fingerprint density at radius 1 is 1.12 bits per heavy atom. The van der Waals surface area contributed by atoms with Gasteiger partial charge in [0.05, 0.1) is 0 Å². The Balaban J connectivity index is 0.00000243. The number of hydrogen-bond donors (Lipinski definition) is 2. The number of aryl methyl sites for hydroxylation is 1. The number of rotatable bonds is 5. The molecule has 2 aromatic carbocycles. The molecule has 1 saturated heterocycles. The number of nitrogens with one attached hydrogen (secondary N) is 2. The molecule has 0 aromatic heterocycles. The predicted molar refractivity (Wildman–Crippen MR) is 109 cm³/mol. The summed E-state index contributed by atoms with van der Waals surface area (Å²) >= 11 is 0. The molecule has 0 saturated carbocycles. The molecule has 5 heteroatoms. The lowest BCUT2D eigenvalue weighted by molar-refractivity contribution is 0.0963. The van der Waals surface area contributed by atoms with E-state index in [0.29, 0.717) is 11.6 Å². The molecule has 0 spiro atoms. The quantitative estimate of drug-likeness (QED) is 0.846. The topological polar surface area (TPSA) is 44.4 Å². The summed E-state index contributed by atoms with van der Waals surface area (Å²) in [6.45, 7) is 6.10. The van der Waals surface area contributed by atoms with Gasteiger partial charge in [0.1, 0.15) is 0 Å². The lowest BCUT2D eigenvalue weighted by atomic mass is 10.00. The van der Waals surface area contributed by atoms with Crippen molar-refractivity contribution < 1.29 is 4.79 Å². The van der Waals surface area contributed by atoms with E-state index in [1.54, 1.807) is 7.05 Å². The number of hydrogen-bond acceptors (Lipinski definition) is 3. The van der Waals surface area contributed by atoms with E-state index >= 15 is 0 Å². The van der Waals surface area contributed by atoms with Gasteiger partial charge in [0, 0.05) is 44.8 Å². The highest BCUT2D eigenvalue weighted by atomic mass is 35.5. The van der Waals surface area contributed by atoms with E-state index < -0.39 is 0 Å². The van der Waals surface area contributed by atoms with Gasteiger partial charge in [-0.15, -0.1) is 12.4 Å². The third kappa shape index (κ3) is 4.85. The Bertz CT molecular complexity index is 700. The first-order chi connectivity index (χ1) is 12.2. The standard InChI is InChI=1S/C21H27N3O.ClH/c1-3-16-4-8-18(9-5-16)20-14-23-12-13-24(20)15-17-6-10-19(11-7-17)21(25)22-2;/h4-11,20,23H,3,12-15H2,1-2H3,(H,22,25);1H. The van der Waals surface area contributed by atoms with Crippen LogP contribution >= 0.6 is 12.4 Å². The SMILES string of the molecule is CCc1ccc(C2CNCCN2Cc2ccc(C(=O)NC)cc2)cc1.Cl. The van der Waals surface area contributed by atoms with Gasteiger partial charge in [-0.2, -0.15) is 0 Å². The molecule has 1 aliphatic heterocycles. The third-order valence-electron chi connectivity index (χ3n) is 4.96. The predicted octanol–water partition coefficient (Wildman–Crippen LogP) is 3.18. The van der Waals surface area contributed by atoms with Crippen LogP contribution in [0.3, 0.4) is 0 Å². The molecular weight excluding hydrogens is 346 g/mol. The van der Waals surface area contributed by atoms with E-state index in [9.17, 15) is 4.79 Å². The molecule has 2 N–H and O–H groups in total. The van der Waals surface area contributed by atoms with E-state index in [0.717, 1.165) is 32.6 Å². The summed E-state index contributed by atoms with van der Waals surface area (Å²) in [4.78, 5) is 14.2. The van der Waals surface area contributed by atoms with Crippen molar-refractivity contribution in [2.75, 3.05) is 26.7 Å². The Morgan fingerprint density at radius 2 is 1.77 bits per heavy atom. The number of carbonyl (C=O) groups is 1. The Kier molecular flexibility index (Phi) is 7.64. The van der Waals surface area contributed by atoms with E-state index in [-0.39, 0.29) is 18.3 Å². The zero-order valence-corrected chi connectivity index (χ0v) is 16.3. The minimum atomic E-state index is -0.0392. The fourth-order valence-electron chi connectivity index (χ4n) is 3.38. The summed E-state index contributed by atoms with van der Waals surface area (Å²) in [6, 6.07) is 17.3. The second kappa shape index (κ2) is 9.72. The summed E-state index contributed by atoms with van der Waals surface area (Å²) in [5.74, 6) is -0.0392. The lowest BCUT2D eigenvalue weighted by Gasteiger charge is -2.36. The molecule has 1 fully saturated rings. The molecule has 4 nitrogen and oxygen atoms in total. The maximum Gasteiger partial charge on any atom is 0.251 e. The summed E-state index contributed by atoms with van der Waals surface area (Å²) in [6.07, 6.45) is 1.07. The van der Waals surface area contributed by atoms with Crippen LogP contribution in [0.25, 0.3) is 0 Å². The van der Waals surface area contributed by atoms with Crippen LogP contribution in [-0.4, -0.2) is 37.5 Å². The molecule has 2 aromatic rings. The monoisotopic (exact) mass is 373 g/mol. The smallest absolute Gasteiger partial charge is 0.251 e. The van der Waals surface area contributed by atoms with Gasteiger partial charge in [0.15, 0.2) is 0 Å². The molecule has 1 atom stereocenters. The van der Waals surface area contributed by atoms with Crippen molar-refractivity contribution in [2.24, 2.45) is 0 Å². The Morgan fingerprint density at radius 3 is 2.38 bits per heavy atom. The zero-order chi connectivity index (χ0) is 17.6. The Labute approximate surface area is 162 Å². The average Bonchev–Trinajstić information content (AvgIpc) is 2.68. The Hall–Kier alpha value is -1.88. The van der Waals surface area contributed by atoms with E-state index in [4.69, 9.17) is 0 Å². The van der Waals surface area contributed by atoms with Gasteiger partial charge < -0.3 is 10.6 Å². The highest BCUT2D eigenvalue weighted by Crippen LogP contribution is 2.24. The fraction of sp³-hybridized carbons (Fsp3) is 0.381. The van der Waals surface area contributed by atoms with Crippen LogP contribution in [0.4, 0.5) is 0 Å². The second-order valence-corrected chi connectivity index (χ2v) is 6.56.